The molecule has 1 aliphatic heterocycles. The van der Waals surface area contributed by atoms with Gasteiger partial charge in [-0.2, -0.15) is 0 Å². The lowest BCUT2D eigenvalue weighted by atomic mass is 9.82. The molecule has 2 N–H and O–H groups in total. The third-order valence-electron chi connectivity index (χ3n) is 3.41. The van der Waals surface area contributed by atoms with E-state index in [1.807, 2.05) is 7.05 Å². The minimum Gasteiger partial charge on any atom is -0.381 e. The van der Waals surface area contributed by atoms with Gasteiger partial charge in [0, 0.05) is 26.8 Å². The van der Waals surface area contributed by atoms with Gasteiger partial charge in [-0.3, -0.25) is 0 Å². The summed E-state index contributed by atoms with van der Waals surface area (Å²) in [6.07, 6.45) is 3.73. The fourth-order valence-electron chi connectivity index (χ4n) is 2.01. The minimum absolute atomic E-state index is 0.280. The first-order valence-corrected chi connectivity index (χ1v) is 6.94. The highest BCUT2D eigenvalue weighted by Gasteiger charge is 2.27. The van der Waals surface area contributed by atoms with E-state index in [0.29, 0.717) is 0 Å². The summed E-state index contributed by atoms with van der Waals surface area (Å²) in [6, 6.07) is 0. The van der Waals surface area contributed by atoms with Crippen LogP contribution in [0.1, 0.15) is 19.8 Å². The van der Waals surface area contributed by atoms with Crippen molar-refractivity contribution in [3.05, 3.63) is 10.8 Å². The summed E-state index contributed by atoms with van der Waals surface area (Å²) in [5.74, 6) is 1.63. The second-order valence-electron chi connectivity index (χ2n) is 4.91. The van der Waals surface area contributed by atoms with Crippen molar-refractivity contribution in [2.75, 3.05) is 37.4 Å². The molecular weight excluding hydrogens is 296 g/mol. The first kappa shape index (κ1) is 13.5. The molecule has 0 amide bonds. The van der Waals surface area contributed by atoms with Crippen LogP contribution in [0, 0.1) is 5.41 Å². The predicted octanol–water partition coefficient (Wildman–Crippen LogP) is 2.51. The summed E-state index contributed by atoms with van der Waals surface area (Å²) < 4.78 is 6.28. The Morgan fingerprint density at radius 2 is 2.00 bits per heavy atom. The summed E-state index contributed by atoms with van der Waals surface area (Å²) in [5.41, 5.74) is 0.280. The molecule has 0 atom stereocenters. The molecule has 0 saturated carbocycles. The fraction of sp³-hybridized carbons (Fsp3) is 0.667. The molecule has 0 radical (unpaired) electrons. The number of aromatic nitrogens is 2. The second kappa shape index (κ2) is 5.84. The van der Waals surface area contributed by atoms with Gasteiger partial charge in [0.2, 0.25) is 0 Å². The van der Waals surface area contributed by atoms with E-state index in [4.69, 9.17) is 4.74 Å². The average molecular weight is 315 g/mol. The van der Waals surface area contributed by atoms with Crippen LogP contribution in [-0.4, -0.2) is 36.8 Å². The first-order valence-electron chi connectivity index (χ1n) is 6.14. The molecule has 0 spiro atoms. The van der Waals surface area contributed by atoms with Crippen molar-refractivity contribution in [2.24, 2.45) is 5.41 Å². The summed E-state index contributed by atoms with van der Waals surface area (Å²) in [5, 5.41) is 6.43. The molecule has 1 aromatic heterocycles. The third-order valence-corrected chi connectivity index (χ3v) is 4.16. The SMILES string of the molecule is CNc1ncnc(NCC2(C)CCOCC2)c1Br. The molecule has 0 bridgehead atoms. The van der Waals surface area contributed by atoms with Crippen LogP contribution in [0.15, 0.2) is 10.8 Å². The van der Waals surface area contributed by atoms with Crippen molar-refractivity contribution >= 4 is 27.6 Å². The van der Waals surface area contributed by atoms with Crippen LogP contribution in [0.4, 0.5) is 11.6 Å². The summed E-state index contributed by atoms with van der Waals surface area (Å²) >= 11 is 3.51. The molecular formula is C12H19BrN4O. The summed E-state index contributed by atoms with van der Waals surface area (Å²) in [4.78, 5) is 8.40. The zero-order valence-corrected chi connectivity index (χ0v) is 12.4. The third kappa shape index (κ3) is 3.11. The van der Waals surface area contributed by atoms with Gasteiger partial charge in [-0.15, -0.1) is 0 Å². The van der Waals surface area contributed by atoms with E-state index in [0.717, 1.165) is 48.7 Å². The van der Waals surface area contributed by atoms with Gasteiger partial charge >= 0.3 is 0 Å². The van der Waals surface area contributed by atoms with Crippen molar-refractivity contribution in [1.82, 2.24) is 9.97 Å². The van der Waals surface area contributed by atoms with Crippen LogP contribution in [0.3, 0.4) is 0 Å². The van der Waals surface area contributed by atoms with Gasteiger partial charge in [-0.1, -0.05) is 6.92 Å². The lowest BCUT2D eigenvalue weighted by Gasteiger charge is -2.33. The zero-order chi connectivity index (χ0) is 13.0. The zero-order valence-electron chi connectivity index (χ0n) is 10.8. The van der Waals surface area contributed by atoms with E-state index in [2.05, 4.69) is 43.5 Å². The highest BCUT2D eigenvalue weighted by atomic mass is 79.9. The van der Waals surface area contributed by atoms with Crippen molar-refractivity contribution < 1.29 is 4.74 Å². The van der Waals surface area contributed by atoms with E-state index >= 15 is 0 Å². The normalized spacial score (nSPS) is 18.4. The monoisotopic (exact) mass is 314 g/mol. The number of halogens is 1. The van der Waals surface area contributed by atoms with Gasteiger partial charge in [-0.05, 0) is 34.2 Å². The Morgan fingerprint density at radius 1 is 1.33 bits per heavy atom. The number of anilines is 2. The van der Waals surface area contributed by atoms with E-state index in [-0.39, 0.29) is 5.41 Å². The average Bonchev–Trinajstić information content (AvgIpc) is 2.38. The maximum absolute atomic E-state index is 5.40. The lowest BCUT2D eigenvalue weighted by Crippen LogP contribution is -2.33. The molecule has 5 nitrogen and oxygen atoms in total. The van der Waals surface area contributed by atoms with Crippen molar-refractivity contribution in [3.8, 4) is 0 Å². The molecule has 6 heteroatoms. The molecule has 18 heavy (non-hydrogen) atoms. The second-order valence-corrected chi connectivity index (χ2v) is 5.70. The Kier molecular flexibility index (Phi) is 4.40. The van der Waals surface area contributed by atoms with Gasteiger partial charge in [0.15, 0.2) is 0 Å². The minimum atomic E-state index is 0.280. The molecule has 0 aliphatic carbocycles. The van der Waals surface area contributed by atoms with Gasteiger partial charge in [0.05, 0.1) is 0 Å². The summed E-state index contributed by atoms with van der Waals surface area (Å²) in [6.45, 7) is 4.89. The number of nitrogens with one attached hydrogen (secondary N) is 2. The molecule has 2 rings (SSSR count). The fourth-order valence-corrected chi connectivity index (χ4v) is 2.55. The quantitative estimate of drug-likeness (QED) is 0.894. The molecule has 1 fully saturated rings. The Labute approximate surface area is 116 Å². The maximum atomic E-state index is 5.40. The van der Waals surface area contributed by atoms with Crippen LogP contribution in [-0.2, 0) is 4.74 Å². The van der Waals surface area contributed by atoms with E-state index in [1.54, 1.807) is 6.33 Å². The van der Waals surface area contributed by atoms with Crippen molar-refractivity contribution in [2.45, 2.75) is 19.8 Å². The van der Waals surface area contributed by atoms with Crippen LogP contribution in [0.25, 0.3) is 0 Å². The molecule has 100 valence electrons. The smallest absolute Gasteiger partial charge is 0.145 e. The first-order chi connectivity index (χ1) is 8.64. The number of rotatable bonds is 4. The number of ether oxygens (including phenoxy) is 1. The van der Waals surface area contributed by atoms with E-state index in [9.17, 15) is 0 Å². The Hall–Kier alpha value is -0.880. The van der Waals surface area contributed by atoms with Gasteiger partial charge < -0.3 is 15.4 Å². The maximum Gasteiger partial charge on any atom is 0.145 e. The Morgan fingerprint density at radius 3 is 2.67 bits per heavy atom. The summed E-state index contributed by atoms with van der Waals surface area (Å²) in [7, 11) is 1.84. The number of nitrogens with zero attached hydrogens (tertiary/aromatic N) is 2. The van der Waals surface area contributed by atoms with Crippen molar-refractivity contribution in [3.63, 3.8) is 0 Å². The van der Waals surface area contributed by atoms with Crippen LogP contribution < -0.4 is 10.6 Å². The Balaban J connectivity index is 2.01. The standard InChI is InChI=1S/C12H19BrN4O/c1-12(3-5-18-6-4-12)7-15-11-9(13)10(14-2)16-8-17-11/h8H,3-7H2,1-2H3,(H2,14,15,16,17). The van der Waals surface area contributed by atoms with Crippen LogP contribution >= 0.6 is 15.9 Å². The van der Waals surface area contributed by atoms with Gasteiger partial charge in [0.25, 0.3) is 0 Å². The lowest BCUT2D eigenvalue weighted by molar-refractivity contribution is 0.0299. The molecule has 0 aromatic carbocycles. The number of hydrogen-bond donors (Lipinski definition) is 2. The number of hydrogen-bond acceptors (Lipinski definition) is 5. The molecule has 2 heterocycles. The largest absolute Gasteiger partial charge is 0.381 e. The van der Waals surface area contributed by atoms with Crippen LogP contribution in [0.5, 0.6) is 0 Å². The predicted molar refractivity (Wildman–Crippen MR) is 75.9 cm³/mol. The topological polar surface area (TPSA) is 59.1 Å². The molecule has 1 aromatic rings. The van der Waals surface area contributed by atoms with E-state index < -0.39 is 0 Å². The van der Waals surface area contributed by atoms with Crippen LogP contribution in [0.2, 0.25) is 0 Å². The highest BCUT2D eigenvalue weighted by molar-refractivity contribution is 9.10. The Bertz CT molecular complexity index is 407. The van der Waals surface area contributed by atoms with Crippen molar-refractivity contribution in [1.29, 1.82) is 0 Å². The van der Waals surface area contributed by atoms with Gasteiger partial charge in [-0.25, -0.2) is 9.97 Å². The molecule has 1 saturated heterocycles. The molecule has 0 unspecified atom stereocenters. The van der Waals surface area contributed by atoms with Gasteiger partial charge in [0.1, 0.15) is 22.4 Å². The highest BCUT2D eigenvalue weighted by Crippen LogP contribution is 2.32. The molecule has 1 aliphatic rings. The van der Waals surface area contributed by atoms with E-state index in [1.165, 1.54) is 0 Å².